The fourth-order valence-electron chi connectivity index (χ4n) is 2.32. The van der Waals surface area contributed by atoms with Gasteiger partial charge in [-0.25, -0.2) is 0 Å². The van der Waals surface area contributed by atoms with Crippen molar-refractivity contribution >= 4 is 24.0 Å². The number of ether oxygens (including phenoxy) is 1. The van der Waals surface area contributed by atoms with Crippen molar-refractivity contribution in [3.63, 3.8) is 0 Å². The quantitative estimate of drug-likeness (QED) is 0.882. The number of hydrogen-bond donors (Lipinski definition) is 1. The zero-order valence-electron chi connectivity index (χ0n) is 10.6. The Morgan fingerprint density at radius 1 is 1.20 bits per heavy atom. The summed E-state index contributed by atoms with van der Waals surface area (Å²) in [4.78, 5) is 0. The first kappa shape index (κ1) is 17.6. The molecular formula is C13H16Cl2F3NO. The Kier molecular flexibility index (Phi) is 6.13. The molecule has 1 heterocycles. The standard InChI is InChI=1S/C13H15ClF3NO.ClH/c14-11-6-9(5-10(7-11)13(15,16)17)12(18)8-1-3-19-4-2-8;/h5-8,12H,1-4,18H2;1H/t12-;/m1./s1. The van der Waals surface area contributed by atoms with E-state index in [2.05, 4.69) is 0 Å². The summed E-state index contributed by atoms with van der Waals surface area (Å²) in [7, 11) is 0. The van der Waals surface area contributed by atoms with Crippen LogP contribution in [0.1, 0.15) is 30.0 Å². The second-order valence-corrected chi connectivity index (χ2v) is 5.18. The highest BCUT2D eigenvalue weighted by Crippen LogP contribution is 2.35. The zero-order chi connectivity index (χ0) is 14.0. The maximum Gasteiger partial charge on any atom is 0.416 e. The third-order valence-electron chi connectivity index (χ3n) is 3.41. The lowest BCUT2D eigenvalue weighted by Crippen LogP contribution is -2.27. The van der Waals surface area contributed by atoms with Crippen LogP contribution in [-0.4, -0.2) is 13.2 Å². The lowest BCUT2D eigenvalue weighted by Gasteiger charge is -2.28. The first-order chi connectivity index (χ1) is 8.88. The van der Waals surface area contributed by atoms with Gasteiger partial charge in [0.1, 0.15) is 0 Å². The molecule has 0 unspecified atom stereocenters. The molecule has 1 aliphatic heterocycles. The molecule has 1 atom stereocenters. The van der Waals surface area contributed by atoms with Gasteiger partial charge in [0.2, 0.25) is 0 Å². The Morgan fingerprint density at radius 2 is 1.80 bits per heavy atom. The van der Waals surface area contributed by atoms with Gasteiger partial charge < -0.3 is 10.5 Å². The Balaban J connectivity index is 0.00000200. The SMILES string of the molecule is Cl.N[C@@H](c1cc(Cl)cc(C(F)(F)F)c1)C1CCOCC1. The van der Waals surface area contributed by atoms with E-state index >= 15 is 0 Å². The van der Waals surface area contributed by atoms with Crippen LogP contribution in [0, 0.1) is 5.92 Å². The van der Waals surface area contributed by atoms with E-state index in [1.165, 1.54) is 6.07 Å². The lowest BCUT2D eigenvalue weighted by atomic mass is 9.87. The summed E-state index contributed by atoms with van der Waals surface area (Å²) in [5, 5.41) is 0.0623. The third kappa shape index (κ3) is 4.25. The van der Waals surface area contributed by atoms with Gasteiger partial charge in [-0.2, -0.15) is 13.2 Å². The van der Waals surface area contributed by atoms with Gasteiger partial charge in [-0.1, -0.05) is 11.6 Å². The van der Waals surface area contributed by atoms with E-state index in [1.54, 1.807) is 0 Å². The molecule has 1 saturated heterocycles. The molecule has 1 aliphatic rings. The van der Waals surface area contributed by atoms with Crippen LogP contribution < -0.4 is 5.73 Å². The Morgan fingerprint density at radius 3 is 2.35 bits per heavy atom. The maximum absolute atomic E-state index is 12.7. The predicted octanol–water partition coefficient (Wildman–Crippen LogP) is 4.21. The molecule has 0 aromatic heterocycles. The first-order valence-corrected chi connectivity index (χ1v) is 6.47. The highest BCUT2D eigenvalue weighted by Gasteiger charge is 2.32. The molecule has 0 radical (unpaired) electrons. The summed E-state index contributed by atoms with van der Waals surface area (Å²) >= 11 is 5.76. The molecule has 0 spiro atoms. The van der Waals surface area contributed by atoms with Crippen LogP contribution >= 0.6 is 24.0 Å². The molecule has 114 valence electrons. The summed E-state index contributed by atoms with van der Waals surface area (Å²) in [6.07, 6.45) is -2.89. The molecular weight excluding hydrogens is 314 g/mol. The van der Waals surface area contributed by atoms with Crippen molar-refractivity contribution < 1.29 is 17.9 Å². The van der Waals surface area contributed by atoms with E-state index in [0.717, 1.165) is 25.0 Å². The minimum absolute atomic E-state index is 0. The molecule has 0 aliphatic carbocycles. The number of alkyl halides is 3. The van der Waals surface area contributed by atoms with Crippen molar-refractivity contribution in [3.8, 4) is 0 Å². The summed E-state index contributed by atoms with van der Waals surface area (Å²) in [5.74, 6) is 0.133. The first-order valence-electron chi connectivity index (χ1n) is 6.09. The van der Waals surface area contributed by atoms with E-state index < -0.39 is 17.8 Å². The van der Waals surface area contributed by atoms with E-state index in [0.29, 0.717) is 18.8 Å². The summed E-state index contributed by atoms with van der Waals surface area (Å²) in [6.45, 7) is 1.20. The number of halogens is 5. The van der Waals surface area contributed by atoms with Gasteiger partial charge in [0, 0.05) is 24.3 Å². The number of hydrogen-bond acceptors (Lipinski definition) is 2. The molecule has 0 bridgehead atoms. The molecule has 2 nitrogen and oxygen atoms in total. The minimum Gasteiger partial charge on any atom is -0.381 e. The normalized spacial score (nSPS) is 18.4. The van der Waals surface area contributed by atoms with E-state index in [-0.39, 0.29) is 23.3 Å². The van der Waals surface area contributed by atoms with Gasteiger partial charge in [0.25, 0.3) is 0 Å². The van der Waals surface area contributed by atoms with Gasteiger partial charge in [-0.15, -0.1) is 12.4 Å². The number of rotatable bonds is 2. The average molecular weight is 330 g/mol. The molecule has 2 rings (SSSR count). The van der Waals surface area contributed by atoms with Gasteiger partial charge in [0.05, 0.1) is 5.56 Å². The van der Waals surface area contributed by atoms with Gasteiger partial charge >= 0.3 is 6.18 Å². The summed E-state index contributed by atoms with van der Waals surface area (Å²) in [5.41, 5.74) is 5.75. The number of benzene rings is 1. The molecule has 1 aromatic rings. The van der Waals surface area contributed by atoms with Crippen molar-refractivity contribution in [1.29, 1.82) is 0 Å². The monoisotopic (exact) mass is 329 g/mol. The highest BCUT2D eigenvalue weighted by molar-refractivity contribution is 6.30. The van der Waals surface area contributed by atoms with Crippen LogP contribution in [0.3, 0.4) is 0 Å². The Bertz CT molecular complexity index is 448. The largest absolute Gasteiger partial charge is 0.416 e. The maximum atomic E-state index is 12.7. The van der Waals surface area contributed by atoms with Crippen molar-refractivity contribution in [2.45, 2.75) is 25.1 Å². The van der Waals surface area contributed by atoms with E-state index in [4.69, 9.17) is 22.1 Å². The average Bonchev–Trinajstić information content (AvgIpc) is 2.37. The van der Waals surface area contributed by atoms with Crippen LogP contribution in [0.4, 0.5) is 13.2 Å². The van der Waals surface area contributed by atoms with Crippen molar-refractivity contribution in [2.75, 3.05) is 13.2 Å². The molecule has 2 N–H and O–H groups in total. The molecule has 0 saturated carbocycles. The van der Waals surface area contributed by atoms with Crippen LogP contribution in [0.2, 0.25) is 5.02 Å². The lowest BCUT2D eigenvalue weighted by molar-refractivity contribution is -0.137. The topological polar surface area (TPSA) is 35.2 Å². The molecule has 1 aromatic carbocycles. The van der Waals surface area contributed by atoms with Crippen molar-refractivity contribution in [2.24, 2.45) is 11.7 Å². The van der Waals surface area contributed by atoms with Gasteiger partial charge in [-0.05, 0) is 42.5 Å². The molecule has 1 fully saturated rings. The molecule has 0 amide bonds. The zero-order valence-corrected chi connectivity index (χ0v) is 12.2. The summed E-state index contributed by atoms with van der Waals surface area (Å²) < 4.78 is 43.4. The predicted molar refractivity (Wildman–Crippen MR) is 74.2 cm³/mol. The van der Waals surface area contributed by atoms with E-state index in [9.17, 15) is 13.2 Å². The van der Waals surface area contributed by atoms with Crippen molar-refractivity contribution in [1.82, 2.24) is 0 Å². The van der Waals surface area contributed by atoms with Crippen LogP contribution in [-0.2, 0) is 10.9 Å². The fraction of sp³-hybridized carbons (Fsp3) is 0.538. The second-order valence-electron chi connectivity index (χ2n) is 4.75. The van der Waals surface area contributed by atoms with Crippen LogP contribution in [0.25, 0.3) is 0 Å². The Labute approximate surface area is 126 Å². The fourth-order valence-corrected chi connectivity index (χ4v) is 2.56. The molecule has 20 heavy (non-hydrogen) atoms. The summed E-state index contributed by atoms with van der Waals surface area (Å²) in [6, 6.07) is 3.08. The van der Waals surface area contributed by atoms with E-state index in [1.807, 2.05) is 0 Å². The van der Waals surface area contributed by atoms with Gasteiger partial charge in [0.15, 0.2) is 0 Å². The third-order valence-corrected chi connectivity index (χ3v) is 3.62. The minimum atomic E-state index is -4.41. The van der Waals surface area contributed by atoms with Crippen LogP contribution in [0.15, 0.2) is 18.2 Å². The highest BCUT2D eigenvalue weighted by atomic mass is 35.5. The van der Waals surface area contributed by atoms with Crippen molar-refractivity contribution in [3.05, 3.63) is 34.3 Å². The smallest absolute Gasteiger partial charge is 0.381 e. The van der Waals surface area contributed by atoms with Gasteiger partial charge in [-0.3, -0.25) is 0 Å². The van der Waals surface area contributed by atoms with Crippen LogP contribution in [0.5, 0.6) is 0 Å². The number of nitrogens with two attached hydrogens (primary N) is 1. The molecule has 7 heteroatoms. The second kappa shape index (κ2) is 6.98. The Hall–Kier alpha value is -0.490.